The van der Waals surface area contributed by atoms with Crippen molar-refractivity contribution in [1.29, 1.82) is 0 Å². The third-order valence-electron chi connectivity index (χ3n) is 1.94. The number of esters is 1. The number of imidazole rings is 1. The van der Waals surface area contributed by atoms with Gasteiger partial charge in [0.2, 0.25) is 5.82 Å². The van der Waals surface area contributed by atoms with Gasteiger partial charge in [0.05, 0.1) is 12.1 Å². The van der Waals surface area contributed by atoms with Crippen LogP contribution in [0.25, 0.3) is 11.2 Å². The number of aryl methyl sites for hydroxylation is 1. The number of pyridine rings is 1. The molecule has 15 heavy (non-hydrogen) atoms. The van der Waals surface area contributed by atoms with Crippen LogP contribution in [0.2, 0.25) is 0 Å². The average Bonchev–Trinajstić information content (AvgIpc) is 2.60. The zero-order chi connectivity index (χ0) is 10.8. The van der Waals surface area contributed by atoms with Crippen molar-refractivity contribution >= 4 is 17.1 Å². The minimum Gasteiger partial charge on any atom is -0.460 e. The van der Waals surface area contributed by atoms with Gasteiger partial charge in [-0.3, -0.25) is 0 Å². The molecule has 2 rings (SSSR count). The van der Waals surface area contributed by atoms with E-state index in [9.17, 15) is 4.79 Å². The first kappa shape index (κ1) is 9.64. The molecular formula is C10H11N3O2. The molecule has 0 saturated heterocycles. The van der Waals surface area contributed by atoms with Crippen LogP contribution >= 0.6 is 0 Å². The summed E-state index contributed by atoms with van der Waals surface area (Å²) in [4.78, 5) is 22.4. The molecule has 0 bridgehead atoms. The zero-order valence-electron chi connectivity index (χ0n) is 8.57. The number of hydrogen-bond acceptors (Lipinski definition) is 4. The second-order valence-corrected chi connectivity index (χ2v) is 3.19. The molecule has 0 aromatic carbocycles. The highest BCUT2D eigenvalue weighted by Crippen LogP contribution is 2.10. The molecule has 78 valence electrons. The Labute approximate surface area is 86.5 Å². The van der Waals surface area contributed by atoms with Crippen LogP contribution in [-0.2, 0) is 4.74 Å². The van der Waals surface area contributed by atoms with Crippen molar-refractivity contribution in [3.05, 3.63) is 23.7 Å². The lowest BCUT2D eigenvalue weighted by Crippen LogP contribution is -2.06. The molecule has 0 unspecified atom stereocenters. The van der Waals surface area contributed by atoms with Gasteiger partial charge in [-0.05, 0) is 25.5 Å². The van der Waals surface area contributed by atoms with Crippen molar-refractivity contribution in [2.24, 2.45) is 0 Å². The van der Waals surface area contributed by atoms with Crippen LogP contribution in [0.4, 0.5) is 0 Å². The normalized spacial score (nSPS) is 10.5. The predicted molar refractivity (Wildman–Crippen MR) is 54.6 cm³/mol. The van der Waals surface area contributed by atoms with Crippen LogP contribution < -0.4 is 0 Å². The Kier molecular flexibility index (Phi) is 2.37. The molecule has 1 N–H and O–H groups in total. The van der Waals surface area contributed by atoms with Crippen LogP contribution in [0.15, 0.2) is 12.3 Å². The minimum absolute atomic E-state index is 0.199. The predicted octanol–water partition coefficient (Wildman–Crippen LogP) is 1.44. The van der Waals surface area contributed by atoms with E-state index in [1.165, 1.54) is 0 Å². The number of nitrogens with one attached hydrogen (secondary N) is 1. The van der Waals surface area contributed by atoms with Crippen LogP contribution in [0.1, 0.15) is 23.1 Å². The Bertz CT molecular complexity index is 504. The average molecular weight is 205 g/mol. The summed E-state index contributed by atoms with van der Waals surface area (Å²) in [5, 5.41) is 0. The number of carbonyl (C=O) groups excluding carboxylic acids is 1. The summed E-state index contributed by atoms with van der Waals surface area (Å²) in [6.45, 7) is 4.02. The van der Waals surface area contributed by atoms with Crippen molar-refractivity contribution in [2.45, 2.75) is 13.8 Å². The Morgan fingerprint density at radius 1 is 1.60 bits per heavy atom. The lowest BCUT2D eigenvalue weighted by atomic mass is 10.3. The van der Waals surface area contributed by atoms with Gasteiger partial charge >= 0.3 is 5.97 Å². The Hall–Kier alpha value is -1.91. The van der Waals surface area contributed by atoms with Crippen molar-refractivity contribution in [1.82, 2.24) is 15.0 Å². The number of fused-ring (bicyclic) bond motifs is 1. The topological polar surface area (TPSA) is 67.9 Å². The van der Waals surface area contributed by atoms with Crippen molar-refractivity contribution < 1.29 is 9.53 Å². The van der Waals surface area contributed by atoms with Crippen LogP contribution in [-0.4, -0.2) is 27.5 Å². The maximum absolute atomic E-state index is 11.4. The molecule has 5 heteroatoms. The highest BCUT2D eigenvalue weighted by molar-refractivity contribution is 5.89. The molecule has 0 spiro atoms. The minimum atomic E-state index is -0.451. The second-order valence-electron chi connectivity index (χ2n) is 3.19. The van der Waals surface area contributed by atoms with Crippen molar-refractivity contribution in [3.8, 4) is 0 Å². The second kappa shape index (κ2) is 3.68. The third-order valence-corrected chi connectivity index (χ3v) is 1.94. The van der Waals surface area contributed by atoms with Gasteiger partial charge in [-0.2, -0.15) is 0 Å². The van der Waals surface area contributed by atoms with Gasteiger partial charge in [0.1, 0.15) is 0 Å². The van der Waals surface area contributed by atoms with Gasteiger partial charge in [-0.15, -0.1) is 0 Å². The fourth-order valence-electron chi connectivity index (χ4n) is 1.30. The molecule has 0 aliphatic carbocycles. The molecule has 5 nitrogen and oxygen atoms in total. The molecule has 0 atom stereocenters. The standard InChI is InChI=1S/C10H11N3O2/c1-3-15-10(14)9-12-7-4-6(2)5-11-8(7)13-9/h4-5H,3H2,1-2H3,(H,11,12,13). The van der Waals surface area contributed by atoms with Gasteiger partial charge in [0.15, 0.2) is 5.65 Å². The van der Waals surface area contributed by atoms with Gasteiger partial charge < -0.3 is 9.72 Å². The van der Waals surface area contributed by atoms with Crippen LogP contribution in [0, 0.1) is 6.92 Å². The Morgan fingerprint density at radius 3 is 3.13 bits per heavy atom. The van der Waals surface area contributed by atoms with E-state index < -0.39 is 5.97 Å². The number of hydrogen-bond donors (Lipinski definition) is 1. The van der Waals surface area contributed by atoms with Gasteiger partial charge in [-0.25, -0.2) is 14.8 Å². The first-order chi connectivity index (χ1) is 7.20. The molecule has 2 heterocycles. The number of aromatic amines is 1. The highest BCUT2D eigenvalue weighted by Gasteiger charge is 2.12. The number of aromatic nitrogens is 3. The first-order valence-electron chi connectivity index (χ1n) is 4.70. The lowest BCUT2D eigenvalue weighted by Gasteiger charge is -1.95. The van der Waals surface area contributed by atoms with E-state index in [0.29, 0.717) is 12.3 Å². The lowest BCUT2D eigenvalue weighted by molar-refractivity contribution is 0.0513. The summed E-state index contributed by atoms with van der Waals surface area (Å²) in [6, 6.07) is 1.89. The highest BCUT2D eigenvalue weighted by atomic mass is 16.5. The van der Waals surface area contributed by atoms with E-state index in [4.69, 9.17) is 4.74 Å². The summed E-state index contributed by atoms with van der Waals surface area (Å²) >= 11 is 0. The SMILES string of the molecule is CCOC(=O)c1nc2ncc(C)cc2[nH]1. The summed E-state index contributed by atoms with van der Waals surface area (Å²) in [6.07, 6.45) is 1.71. The monoisotopic (exact) mass is 205 g/mol. The number of nitrogens with zero attached hydrogens (tertiary/aromatic N) is 2. The Morgan fingerprint density at radius 2 is 2.40 bits per heavy atom. The van der Waals surface area contributed by atoms with Crippen molar-refractivity contribution in [2.75, 3.05) is 6.61 Å². The molecule has 0 saturated carbocycles. The van der Waals surface area contributed by atoms with Gasteiger partial charge in [0, 0.05) is 6.20 Å². The van der Waals surface area contributed by atoms with E-state index >= 15 is 0 Å². The quantitative estimate of drug-likeness (QED) is 0.753. The summed E-state index contributed by atoms with van der Waals surface area (Å²) in [7, 11) is 0. The third kappa shape index (κ3) is 1.81. The van der Waals surface area contributed by atoms with E-state index in [1.807, 2.05) is 13.0 Å². The molecule has 0 aliphatic heterocycles. The zero-order valence-corrected chi connectivity index (χ0v) is 8.57. The molecule has 0 aliphatic rings. The molecule has 0 amide bonds. The molecular weight excluding hydrogens is 194 g/mol. The Balaban J connectivity index is 2.42. The molecule has 2 aromatic heterocycles. The first-order valence-corrected chi connectivity index (χ1v) is 4.70. The van der Waals surface area contributed by atoms with E-state index in [2.05, 4.69) is 15.0 Å². The smallest absolute Gasteiger partial charge is 0.374 e. The van der Waals surface area contributed by atoms with Gasteiger partial charge in [-0.1, -0.05) is 0 Å². The number of rotatable bonds is 2. The fraction of sp³-hybridized carbons (Fsp3) is 0.300. The van der Waals surface area contributed by atoms with E-state index in [0.717, 1.165) is 11.1 Å². The van der Waals surface area contributed by atoms with E-state index in [1.54, 1.807) is 13.1 Å². The van der Waals surface area contributed by atoms with Crippen LogP contribution in [0.3, 0.4) is 0 Å². The molecule has 0 radical (unpaired) electrons. The maximum Gasteiger partial charge on any atom is 0.374 e. The maximum atomic E-state index is 11.4. The van der Waals surface area contributed by atoms with Crippen molar-refractivity contribution in [3.63, 3.8) is 0 Å². The summed E-state index contributed by atoms with van der Waals surface area (Å²) in [5.41, 5.74) is 2.29. The summed E-state index contributed by atoms with van der Waals surface area (Å²) in [5.74, 6) is -0.252. The van der Waals surface area contributed by atoms with Crippen LogP contribution in [0.5, 0.6) is 0 Å². The fourth-order valence-corrected chi connectivity index (χ4v) is 1.30. The number of ether oxygens (including phenoxy) is 1. The van der Waals surface area contributed by atoms with E-state index in [-0.39, 0.29) is 5.82 Å². The largest absolute Gasteiger partial charge is 0.460 e. The molecule has 2 aromatic rings. The number of carbonyl (C=O) groups is 1. The summed E-state index contributed by atoms with van der Waals surface area (Å²) < 4.78 is 4.83. The van der Waals surface area contributed by atoms with Gasteiger partial charge in [0.25, 0.3) is 0 Å². The number of H-pyrrole nitrogens is 1. The molecule has 0 fully saturated rings.